The van der Waals surface area contributed by atoms with Crippen LogP contribution in [-0.2, 0) is 39.8 Å². The third-order valence-electron chi connectivity index (χ3n) is 11.2. The summed E-state index contributed by atoms with van der Waals surface area (Å²) in [6.45, 7) is 14.3. The summed E-state index contributed by atoms with van der Waals surface area (Å²) in [4.78, 5) is 87.5. The van der Waals surface area contributed by atoms with E-state index in [4.69, 9.17) is 40.3 Å². The van der Waals surface area contributed by atoms with E-state index in [0.29, 0.717) is 33.7 Å². The first-order valence-corrected chi connectivity index (χ1v) is 24.0. The molecule has 3 unspecified atom stereocenters. The Morgan fingerprint density at radius 3 is 2.16 bits per heavy atom. The van der Waals surface area contributed by atoms with Gasteiger partial charge in [-0.3, -0.25) is 19.0 Å². The summed E-state index contributed by atoms with van der Waals surface area (Å²) in [5, 5.41) is 17.9. The van der Waals surface area contributed by atoms with Gasteiger partial charge in [0.1, 0.15) is 18.5 Å². The molecule has 1 aromatic heterocycles. The number of aryl methyl sites for hydroxylation is 1. The van der Waals surface area contributed by atoms with Crippen LogP contribution in [0.5, 0.6) is 0 Å². The van der Waals surface area contributed by atoms with E-state index >= 15 is 0 Å². The highest BCUT2D eigenvalue weighted by atomic mass is 35.5. The van der Waals surface area contributed by atoms with Crippen molar-refractivity contribution in [3.8, 4) is 0 Å². The van der Waals surface area contributed by atoms with Crippen LogP contribution in [0.3, 0.4) is 0 Å². The highest BCUT2D eigenvalue weighted by Gasteiger charge is 2.34. The van der Waals surface area contributed by atoms with Crippen molar-refractivity contribution >= 4 is 52.5 Å². The molecule has 0 aliphatic carbocycles. The maximum atomic E-state index is 14.6. The number of methoxy groups -OCH3 is 1. The van der Waals surface area contributed by atoms with E-state index in [2.05, 4.69) is 16.0 Å². The first kappa shape index (κ1) is 56.5. The minimum atomic E-state index is -1.33. The molecule has 18 nitrogen and oxygen atoms in total. The number of nitrogens with one attached hydrogen (secondary N) is 3. The Kier molecular flexibility index (Phi) is 22.6. The summed E-state index contributed by atoms with van der Waals surface area (Å²) < 4.78 is 28.6. The molecule has 0 saturated carbocycles. The quantitative estimate of drug-likeness (QED) is 0.0286. The summed E-state index contributed by atoms with van der Waals surface area (Å²) in [6.07, 6.45) is -3.83. The van der Waals surface area contributed by atoms with Crippen LogP contribution in [0.2, 0.25) is 5.02 Å². The number of amides is 4. The average Bonchev–Trinajstić information content (AvgIpc) is 3.32. The van der Waals surface area contributed by atoms with Gasteiger partial charge in [0.15, 0.2) is 6.29 Å². The molecule has 4 N–H and O–H groups in total. The number of aliphatic hydroxyl groups excluding tert-OH is 1. The van der Waals surface area contributed by atoms with Gasteiger partial charge >= 0.3 is 18.2 Å². The lowest BCUT2D eigenvalue weighted by atomic mass is 9.98. The fourth-order valence-corrected chi connectivity index (χ4v) is 7.48. The van der Waals surface area contributed by atoms with E-state index in [0.717, 1.165) is 11.1 Å². The molecule has 0 saturated heterocycles. The number of aliphatic hydroxyl groups is 1. The van der Waals surface area contributed by atoms with Crippen LogP contribution < -0.4 is 21.5 Å². The van der Waals surface area contributed by atoms with Gasteiger partial charge in [0.05, 0.1) is 36.2 Å². The zero-order chi connectivity index (χ0) is 51.5. The number of halogens is 1. The second-order valence-corrected chi connectivity index (χ2v) is 18.3. The van der Waals surface area contributed by atoms with Gasteiger partial charge in [-0.1, -0.05) is 108 Å². The summed E-state index contributed by atoms with van der Waals surface area (Å²) in [5.41, 5.74) is 2.39. The Morgan fingerprint density at radius 2 is 1.54 bits per heavy atom. The summed E-state index contributed by atoms with van der Waals surface area (Å²) in [6, 6.07) is 19.8. The number of aromatic nitrogens is 2. The number of esters is 1. The maximum absolute atomic E-state index is 14.6. The summed E-state index contributed by atoms with van der Waals surface area (Å²) >= 11 is 6.40. The first-order chi connectivity index (χ1) is 33.4. The largest absolute Gasteiger partial charge is 0.444 e. The van der Waals surface area contributed by atoms with Crippen LogP contribution in [0.15, 0.2) is 77.6 Å². The van der Waals surface area contributed by atoms with Crippen LogP contribution in [0.4, 0.5) is 9.59 Å². The van der Waals surface area contributed by atoms with Gasteiger partial charge in [-0.2, -0.15) is 0 Å². The lowest BCUT2D eigenvalue weighted by molar-refractivity contribution is -0.181. The van der Waals surface area contributed by atoms with E-state index in [-0.39, 0.29) is 69.6 Å². The molecular formula is C51H69ClN6O12. The standard InChI is InChI=1S/C51H69ClN6O12/c1-10-38(29-59)68-42(66-9)30-67-50(64)54-25-23-41(60)56-43(31(2)3)48(63)69-49(33(6)7)70-51(65)53-24-14-26-57(46(61)36-19-17-34(8)18-20-36)44(32(4)5)45-55-40-27-37(52)21-22-39(40)47(62)58(45)28-35-15-12-11-13-16-35/h11-13,15-22,27,31-33,38,42-44,49,59H,10,14,23-26,28-30H2,1-9H3,(H,53,65)(H,54,64)(H,56,60)/t38?,42?,43-,44+,49?/m0/s1. The van der Waals surface area contributed by atoms with Crippen molar-refractivity contribution in [2.75, 3.05) is 40.0 Å². The van der Waals surface area contributed by atoms with E-state index in [9.17, 15) is 33.9 Å². The average molecular weight is 994 g/mol. The molecule has 0 aliphatic heterocycles. The third-order valence-corrected chi connectivity index (χ3v) is 11.5. The number of carbonyl (C=O) groups excluding carboxylic acids is 5. The van der Waals surface area contributed by atoms with Crippen LogP contribution in [-0.4, -0.2) is 114 Å². The van der Waals surface area contributed by atoms with Crippen LogP contribution in [0, 0.1) is 24.7 Å². The number of nitrogens with zero attached hydrogens (tertiary/aromatic N) is 3. The van der Waals surface area contributed by atoms with Crippen molar-refractivity contribution in [3.63, 3.8) is 0 Å². The maximum Gasteiger partial charge on any atom is 0.410 e. The fraction of sp³-hybridized carbons (Fsp3) is 0.510. The van der Waals surface area contributed by atoms with E-state index in [1.807, 2.05) is 70.2 Å². The predicted octanol–water partition coefficient (Wildman–Crippen LogP) is 6.90. The van der Waals surface area contributed by atoms with E-state index in [1.54, 1.807) is 67.5 Å². The van der Waals surface area contributed by atoms with Crippen molar-refractivity contribution in [2.45, 2.75) is 112 Å². The van der Waals surface area contributed by atoms with E-state index in [1.165, 1.54) is 7.11 Å². The SMILES string of the molecule is CCC(CO)OC(COC(=O)NCCC(=O)N[C@H](C(=O)OC(OC(=O)NCCCN(C(=O)c1ccc(C)cc1)[C@@H](c1nc2cc(Cl)ccc2c(=O)n1Cc1ccccc1)C(C)C)C(C)C)C(C)C)OC. The number of ether oxygens (including phenoxy) is 5. The Morgan fingerprint density at radius 1 is 0.857 bits per heavy atom. The van der Waals surface area contributed by atoms with Gasteiger partial charge in [0.25, 0.3) is 17.8 Å². The molecule has 0 spiro atoms. The zero-order valence-electron chi connectivity index (χ0n) is 41.6. The Hall–Kier alpha value is -6.08. The van der Waals surface area contributed by atoms with Crippen LogP contribution >= 0.6 is 11.6 Å². The first-order valence-electron chi connectivity index (χ1n) is 23.6. The molecule has 4 amide bonds. The fourth-order valence-electron chi connectivity index (χ4n) is 7.32. The lowest BCUT2D eigenvalue weighted by Gasteiger charge is -2.35. The predicted molar refractivity (Wildman–Crippen MR) is 264 cm³/mol. The van der Waals surface area contributed by atoms with Gasteiger partial charge in [-0.25, -0.2) is 19.4 Å². The summed E-state index contributed by atoms with van der Waals surface area (Å²) in [7, 11) is 1.37. The molecule has 3 aromatic carbocycles. The van der Waals surface area contributed by atoms with Crippen molar-refractivity contribution in [1.29, 1.82) is 0 Å². The molecule has 4 aromatic rings. The van der Waals surface area contributed by atoms with E-state index < -0.39 is 66.7 Å². The van der Waals surface area contributed by atoms with Crippen molar-refractivity contribution in [3.05, 3.63) is 111 Å². The molecule has 5 atom stereocenters. The van der Waals surface area contributed by atoms with Gasteiger partial charge < -0.3 is 49.6 Å². The molecule has 0 aliphatic rings. The van der Waals surface area contributed by atoms with Crippen molar-refractivity contribution in [2.24, 2.45) is 17.8 Å². The second-order valence-electron chi connectivity index (χ2n) is 17.9. The third kappa shape index (κ3) is 16.8. The molecular weight excluding hydrogens is 924 g/mol. The number of fused-ring (bicyclic) bond motifs is 1. The molecule has 4 rings (SSSR count). The lowest BCUT2D eigenvalue weighted by Crippen LogP contribution is -2.48. The molecule has 1 heterocycles. The molecule has 70 heavy (non-hydrogen) atoms. The molecule has 0 radical (unpaired) electrons. The van der Waals surface area contributed by atoms with Crippen molar-refractivity contribution in [1.82, 2.24) is 30.4 Å². The highest BCUT2D eigenvalue weighted by Crippen LogP contribution is 2.31. The minimum absolute atomic E-state index is 0.0493. The van der Waals surface area contributed by atoms with Gasteiger partial charge in [0.2, 0.25) is 5.91 Å². The van der Waals surface area contributed by atoms with Gasteiger partial charge in [0, 0.05) is 49.7 Å². The highest BCUT2D eigenvalue weighted by molar-refractivity contribution is 6.31. The number of alkyl carbamates (subject to hydrolysis) is 2. The second kappa shape index (κ2) is 27.9. The molecule has 0 fully saturated rings. The Bertz CT molecular complexity index is 2390. The molecule has 0 bridgehead atoms. The number of hydrogen-bond donors (Lipinski definition) is 4. The minimum Gasteiger partial charge on any atom is -0.444 e. The Labute approximate surface area is 414 Å². The normalized spacial score (nSPS) is 13.6. The smallest absolute Gasteiger partial charge is 0.410 e. The number of hydrogen-bond acceptors (Lipinski definition) is 13. The summed E-state index contributed by atoms with van der Waals surface area (Å²) in [5.74, 6) is -2.47. The molecule has 19 heteroatoms. The van der Waals surface area contributed by atoms with Gasteiger partial charge in [-0.15, -0.1) is 0 Å². The monoisotopic (exact) mass is 992 g/mol. The Balaban J connectivity index is 1.43. The molecule has 382 valence electrons. The van der Waals surface area contributed by atoms with Gasteiger partial charge in [-0.05, 0) is 67.5 Å². The van der Waals surface area contributed by atoms with Crippen LogP contribution in [0.25, 0.3) is 10.9 Å². The number of carbonyl (C=O) groups is 5. The zero-order valence-corrected chi connectivity index (χ0v) is 42.3. The van der Waals surface area contributed by atoms with Crippen LogP contribution in [0.1, 0.15) is 101 Å². The topological polar surface area (TPSA) is 226 Å². The number of rotatable bonds is 26. The number of benzene rings is 3. The van der Waals surface area contributed by atoms with Crippen molar-refractivity contribution < 1.29 is 52.8 Å².